The van der Waals surface area contributed by atoms with Crippen molar-refractivity contribution >= 4 is 23.4 Å². The molecule has 1 aromatic heterocycles. The van der Waals surface area contributed by atoms with Gasteiger partial charge in [0, 0.05) is 26.2 Å². The number of hydrogen-bond acceptors (Lipinski definition) is 5. The maximum Gasteiger partial charge on any atom is 0.314 e. The molecule has 1 saturated heterocycles. The van der Waals surface area contributed by atoms with Crippen LogP contribution in [-0.2, 0) is 0 Å². The highest BCUT2D eigenvalue weighted by atomic mass is 35.5. The molecule has 106 valence electrons. The van der Waals surface area contributed by atoms with Crippen LogP contribution < -0.4 is 15.5 Å². The maximum absolute atomic E-state index is 11.3. The van der Waals surface area contributed by atoms with Gasteiger partial charge in [-0.1, -0.05) is 11.6 Å². The summed E-state index contributed by atoms with van der Waals surface area (Å²) >= 11 is 5.89. The van der Waals surface area contributed by atoms with Crippen molar-refractivity contribution in [1.29, 1.82) is 5.26 Å². The Kier molecular flexibility index (Phi) is 4.58. The third-order valence-electron chi connectivity index (χ3n) is 3.13. The highest BCUT2D eigenvalue weighted by molar-refractivity contribution is 6.30. The van der Waals surface area contributed by atoms with E-state index in [1.54, 1.807) is 7.05 Å². The Labute approximate surface area is 122 Å². The van der Waals surface area contributed by atoms with Gasteiger partial charge in [0.25, 0.3) is 0 Å². The minimum atomic E-state index is -0.194. The summed E-state index contributed by atoms with van der Waals surface area (Å²) in [6, 6.07) is 1.74. The molecule has 2 heterocycles. The smallest absolute Gasteiger partial charge is 0.314 e. The van der Waals surface area contributed by atoms with Gasteiger partial charge in [-0.15, -0.1) is 0 Å². The van der Waals surface area contributed by atoms with Crippen LogP contribution in [0.4, 0.5) is 10.6 Å². The van der Waals surface area contributed by atoms with Gasteiger partial charge in [-0.05, 0) is 12.8 Å². The van der Waals surface area contributed by atoms with E-state index in [1.807, 2.05) is 11.0 Å². The van der Waals surface area contributed by atoms with Crippen molar-refractivity contribution in [2.45, 2.75) is 18.9 Å². The van der Waals surface area contributed by atoms with Crippen LogP contribution in [0.15, 0.2) is 6.20 Å². The lowest BCUT2D eigenvalue weighted by Crippen LogP contribution is -2.50. The summed E-state index contributed by atoms with van der Waals surface area (Å²) in [5, 5.41) is 14.3. The maximum atomic E-state index is 11.3. The molecule has 0 spiro atoms. The fourth-order valence-corrected chi connectivity index (χ4v) is 2.32. The first-order valence-electron chi connectivity index (χ1n) is 6.30. The van der Waals surface area contributed by atoms with E-state index in [4.69, 9.17) is 16.9 Å². The van der Waals surface area contributed by atoms with Crippen LogP contribution in [0.3, 0.4) is 0 Å². The van der Waals surface area contributed by atoms with Gasteiger partial charge >= 0.3 is 6.03 Å². The average molecular weight is 295 g/mol. The molecule has 20 heavy (non-hydrogen) atoms. The van der Waals surface area contributed by atoms with Crippen LogP contribution in [0.5, 0.6) is 0 Å². The molecular formula is C12H15ClN6O. The molecular weight excluding hydrogens is 280 g/mol. The molecule has 2 amide bonds. The van der Waals surface area contributed by atoms with Gasteiger partial charge in [0.15, 0.2) is 10.8 Å². The number of carbonyl (C=O) groups is 1. The molecule has 1 aliphatic rings. The standard InChI is InChI=1S/C12H15ClN6O/c1-15-12(20)17-8-3-2-4-19(7-8)10-6-16-9(5-14)11(13)18-10/h6,8H,2-4,7H2,1H3,(H2,15,17,20). The average Bonchev–Trinajstić information content (AvgIpc) is 2.47. The first-order chi connectivity index (χ1) is 9.63. The third kappa shape index (κ3) is 3.27. The van der Waals surface area contributed by atoms with Crippen molar-refractivity contribution in [3.63, 3.8) is 0 Å². The number of carbonyl (C=O) groups excluding carboxylic acids is 1. The Morgan fingerprint density at radius 1 is 1.65 bits per heavy atom. The number of anilines is 1. The highest BCUT2D eigenvalue weighted by Crippen LogP contribution is 2.20. The number of piperidine rings is 1. The molecule has 1 aromatic rings. The molecule has 1 atom stereocenters. The van der Waals surface area contributed by atoms with E-state index in [-0.39, 0.29) is 22.9 Å². The summed E-state index contributed by atoms with van der Waals surface area (Å²) < 4.78 is 0. The zero-order valence-corrected chi connectivity index (χ0v) is 11.8. The van der Waals surface area contributed by atoms with E-state index in [2.05, 4.69) is 20.6 Å². The summed E-state index contributed by atoms with van der Waals surface area (Å²) in [4.78, 5) is 21.5. The molecule has 2 N–H and O–H groups in total. The van der Waals surface area contributed by atoms with E-state index in [9.17, 15) is 4.79 Å². The second kappa shape index (κ2) is 6.39. The molecule has 0 bridgehead atoms. The number of nitriles is 1. The van der Waals surface area contributed by atoms with E-state index < -0.39 is 0 Å². The van der Waals surface area contributed by atoms with Crippen molar-refractivity contribution in [3.8, 4) is 6.07 Å². The number of halogens is 1. The number of rotatable bonds is 2. The zero-order chi connectivity index (χ0) is 14.5. The van der Waals surface area contributed by atoms with E-state index in [0.29, 0.717) is 12.4 Å². The first kappa shape index (κ1) is 14.3. The van der Waals surface area contributed by atoms with Crippen molar-refractivity contribution in [3.05, 3.63) is 17.0 Å². The topological polar surface area (TPSA) is 93.9 Å². The molecule has 0 aromatic carbocycles. The van der Waals surface area contributed by atoms with Crippen LogP contribution >= 0.6 is 11.6 Å². The minimum absolute atomic E-state index is 0.0555. The first-order valence-corrected chi connectivity index (χ1v) is 6.67. The summed E-state index contributed by atoms with van der Waals surface area (Å²) in [6.07, 6.45) is 3.39. The van der Waals surface area contributed by atoms with E-state index in [1.165, 1.54) is 6.20 Å². The number of urea groups is 1. The number of nitrogens with zero attached hydrogens (tertiary/aromatic N) is 4. The quantitative estimate of drug-likeness (QED) is 0.845. The molecule has 0 saturated carbocycles. The summed E-state index contributed by atoms with van der Waals surface area (Å²) in [7, 11) is 1.59. The van der Waals surface area contributed by atoms with Crippen LogP contribution in [0.1, 0.15) is 18.5 Å². The molecule has 0 radical (unpaired) electrons. The van der Waals surface area contributed by atoms with Crippen molar-refractivity contribution in [1.82, 2.24) is 20.6 Å². The Hall–Kier alpha value is -2.07. The number of nitrogens with one attached hydrogen (secondary N) is 2. The second-order valence-electron chi connectivity index (χ2n) is 4.49. The Bertz CT molecular complexity index is 543. The number of hydrogen-bond donors (Lipinski definition) is 2. The van der Waals surface area contributed by atoms with Crippen LogP contribution in [-0.4, -0.2) is 42.2 Å². The Morgan fingerprint density at radius 2 is 2.45 bits per heavy atom. The summed E-state index contributed by atoms with van der Waals surface area (Å²) in [5.41, 5.74) is 0.118. The normalized spacial score (nSPS) is 18.2. The van der Waals surface area contributed by atoms with Gasteiger partial charge in [-0.2, -0.15) is 5.26 Å². The Morgan fingerprint density at radius 3 is 3.10 bits per heavy atom. The van der Waals surface area contributed by atoms with Gasteiger partial charge < -0.3 is 15.5 Å². The molecule has 1 fully saturated rings. The molecule has 2 rings (SSSR count). The minimum Gasteiger partial charge on any atom is -0.353 e. The van der Waals surface area contributed by atoms with Crippen LogP contribution in [0, 0.1) is 11.3 Å². The van der Waals surface area contributed by atoms with Crippen molar-refractivity contribution in [2.75, 3.05) is 25.0 Å². The van der Waals surface area contributed by atoms with Gasteiger partial charge in [0.1, 0.15) is 11.9 Å². The van der Waals surface area contributed by atoms with Crippen LogP contribution in [0.25, 0.3) is 0 Å². The lowest BCUT2D eigenvalue weighted by Gasteiger charge is -2.33. The van der Waals surface area contributed by atoms with Gasteiger partial charge in [-0.25, -0.2) is 14.8 Å². The van der Waals surface area contributed by atoms with Gasteiger partial charge in [0.2, 0.25) is 0 Å². The van der Waals surface area contributed by atoms with E-state index >= 15 is 0 Å². The lowest BCUT2D eigenvalue weighted by atomic mass is 10.1. The summed E-state index contributed by atoms with van der Waals surface area (Å²) in [6.45, 7) is 1.47. The lowest BCUT2D eigenvalue weighted by molar-refractivity contribution is 0.237. The predicted molar refractivity (Wildman–Crippen MR) is 74.6 cm³/mol. The zero-order valence-electron chi connectivity index (χ0n) is 11.1. The molecule has 7 nitrogen and oxygen atoms in total. The Balaban J connectivity index is 2.07. The monoisotopic (exact) mass is 294 g/mol. The van der Waals surface area contributed by atoms with Crippen molar-refractivity contribution < 1.29 is 4.79 Å². The van der Waals surface area contributed by atoms with Crippen molar-refractivity contribution in [2.24, 2.45) is 0 Å². The second-order valence-corrected chi connectivity index (χ2v) is 4.85. The third-order valence-corrected chi connectivity index (χ3v) is 3.39. The number of aromatic nitrogens is 2. The SMILES string of the molecule is CNC(=O)NC1CCCN(c2cnc(C#N)c(Cl)n2)C1. The molecule has 1 unspecified atom stereocenters. The van der Waals surface area contributed by atoms with E-state index in [0.717, 1.165) is 19.4 Å². The number of amides is 2. The predicted octanol–water partition coefficient (Wildman–Crippen LogP) is 0.899. The van der Waals surface area contributed by atoms with Gasteiger partial charge in [0.05, 0.1) is 6.20 Å². The molecule has 8 heteroatoms. The molecule has 1 aliphatic heterocycles. The highest BCUT2D eigenvalue weighted by Gasteiger charge is 2.22. The fraction of sp³-hybridized carbons (Fsp3) is 0.500. The summed E-state index contributed by atoms with van der Waals surface area (Å²) in [5.74, 6) is 0.623. The largest absolute Gasteiger partial charge is 0.353 e. The van der Waals surface area contributed by atoms with Crippen LogP contribution in [0.2, 0.25) is 5.15 Å². The molecule has 0 aliphatic carbocycles. The fourth-order valence-electron chi connectivity index (χ4n) is 2.15. The van der Waals surface area contributed by atoms with Gasteiger partial charge in [-0.3, -0.25) is 0 Å².